The molecule has 17 bridgehead atoms. The zero-order valence-electron chi connectivity index (χ0n) is 65.1. The highest BCUT2D eigenvalue weighted by Gasteiger charge is 2.52. The number of carbonyl (C=O) groups is 9. The molecule has 7 aromatic carbocycles. The normalized spacial score (nSPS) is 26.5. The predicted molar refractivity (Wildman–Crippen MR) is 424 cm³/mol. The number of amides is 7. The third-order valence-electron chi connectivity index (χ3n) is 21.6. The Morgan fingerprint density at radius 2 is 1.17 bits per heavy atom. The lowest BCUT2D eigenvalue weighted by atomic mass is 9.89. The quantitative estimate of drug-likeness (QED) is 0.0536. The summed E-state index contributed by atoms with van der Waals surface area (Å²) in [7, 11) is 1.42. The number of hydrogen-bond acceptors (Lipinski definition) is 28. The maximum atomic E-state index is 16.7. The van der Waals surface area contributed by atoms with Gasteiger partial charge in [0.15, 0.2) is 35.1 Å². The summed E-state index contributed by atoms with van der Waals surface area (Å²) in [5.41, 5.74) is -3.29. The summed E-state index contributed by atoms with van der Waals surface area (Å²) in [6.07, 6.45) is -16.3. The van der Waals surface area contributed by atoms with Crippen molar-refractivity contribution in [1.82, 2.24) is 42.5 Å². The zero-order valence-corrected chi connectivity index (χ0v) is 66.6. The number of likely N-dealkylation sites (N-methyl/N-ethyl adjacent to an activating group) is 1. The van der Waals surface area contributed by atoms with E-state index in [1.165, 1.54) is 49.5 Å². The summed E-state index contributed by atoms with van der Waals surface area (Å²) in [6.45, 7) is 3.26. The van der Waals surface area contributed by atoms with Crippen LogP contribution in [0.4, 0.5) is 0 Å². The van der Waals surface area contributed by atoms with Crippen molar-refractivity contribution in [3.05, 3.63) is 164 Å². The Bertz CT molecular complexity index is 5200. The van der Waals surface area contributed by atoms with Crippen molar-refractivity contribution in [2.24, 2.45) is 5.92 Å². The largest absolute Gasteiger partial charge is 0.508 e. The molecule has 15 rings (SSSR count). The molecule has 7 aromatic rings. The summed E-state index contributed by atoms with van der Waals surface area (Å²) in [4.78, 5) is 136. The van der Waals surface area contributed by atoms with Crippen LogP contribution in [0, 0.1) is 5.92 Å². The fraction of sp³-hybridized carbons (Fsp3) is 0.386. The van der Waals surface area contributed by atoms with E-state index < -0.39 is 271 Å². The van der Waals surface area contributed by atoms with Crippen molar-refractivity contribution in [3.8, 4) is 80.1 Å². The summed E-state index contributed by atoms with van der Waals surface area (Å²) in [5.74, 6) is -19.0. The van der Waals surface area contributed by atoms with Crippen LogP contribution in [0.15, 0.2) is 115 Å². The molecule has 7 amide bonds. The van der Waals surface area contributed by atoms with Crippen molar-refractivity contribution >= 4 is 76.5 Å². The van der Waals surface area contributed by atoms with Gasteiger partial charge in [0.1, 0.15) is 125 Å². The lowest BCUT2D eigenvalue weighted by Crippen LogP contribution is -2.66. The van der Waals surface area contributed by atoms with Crippen molar-refractivity contribution < 1.29 is 143 Å². The van der Waals surface area contributed by atoms with Gasteiger partial charge < -0.3 is 142 Å². The summed E-state index contributed by atoms with van der Waals surface area (Å²) in [5, 5.41) is 167. The fourth-order valence-corrected chi connectivity index (χ4v) is 15.6. The molecule has 8 heterocycles. The number of aliphatic hydroxyl groups is 7. The minimum Gasteiger partial charge on any atom is -0.508 e. The number of phenolic OH excluding ortho intramolecular Hbond substituents is 4. The standard InChI is InChI=1S/C83H88Cl2N8O29/c1-33(2)10-8-6-4-5-7-9-11-56(99)88-65-68(102)70(104)73(81(114)115)122-82(65)121-72-53-26-38-27-54(72)118-50-21-16-37(24-45(50)84)66(100)64-79(111)92-63(80(112)113)43-28-39(95)29-52(119-83-71(105)69(103)67(101)55(32-94)120-83)57(43)42-23-35(14-19-47(42)96)60(76(108)93-64)89-77(109)61(38)90-78(110)62-44-30-41(31-49(98)58(44)85)117-51-25-36(15-20-48(51)97)59(86-3)75(107)87-46(74(106)91-62)22-34-12-17-40(116-53)18-13-34/h12-21,23-31,33,46,55,59-71,73,82-83,86,94-98,100-105H,4-11,22,32H2,1-3H3,(H,87,107)(H,88,99)(H,89,109)(H,90,110)(H,91,106)(H,92,111)(H,93,108)(H,112,113)(H,114,115)/t46-,55-,59-,60-,61-,62+,63+,64+,65-,66-,67-,68-,69+,70+,71+,73+,82-,83+/m1/s1. The number of nitrogens with one attached hydrogen (secondary N) is 8. The molecular formula is C83H88Cl2N8O29. The molecule has 0 aliphatic carbocycles. The lowest BCUT2D eigenvalue weighted by Gasteiger charge is -2.41. The molecule has 8 aliphatic rings. The zero-order chi connectivity index (χ0) is 87.6. The molecule has 122 heavy (non-hydrogen) atoms. The van der Waals surface area contributed by atoms with Crippen LogP contribution < -0.4 is 66.2 Å². The number of carbonyl (C=O) groups excluding carboxylic acids is 7. The Morgan fingerprint density at radius 1 is 0.533 bits per heavy atom. The van der Waals surface area contributed by atoms with Crippen molar-refractivity contribution in [2.75, 3.05) is 13.7 Å². The number of fused-ring (bicyclic) bond motifs is 14. The number of halogens is 2. The fourth-order valence-electron chi connectivity index (χ4n) is 15.2. The van der Waals surface area contributed by atoms with E-state index in [1.807, 2.05) is 0 Å². The van der Waals surface area contributed by atoms with Crippen LogP contribution in [-0.2, 0) is 59.0 Å². The van der Waals surface area contributed by atoms with E-state index in [0.29, 0.717) is 18.8 Å². The Morgan fingerprint density at radius 3 is 1.86 bits per heavy atom. The molecule has 2 saturated heterocycles. The number of hydrogen-bond donors (Lipinski definition) is 21. The molecule has 0 radical (unpaired) electrons. The number of carboxylic acids is 2. The van der Waals surface area contributed by atoms with E-state index in [-0.39, 0.29) is 40.4 Å². The topological polar surface area (TPSA) is 577 Å². The number of aliphatic carboxylic acids is 2. The molecule has 39 heteroatoms. The van der Waals surface area contributed by atoms with Gasteiger partial charge in [0.05, 0.1) is 16.7 Å². The van der Waals surface area contributed by atoms with Crippen LogP contribution in [0.5, 0.6) is 69.0 Å². The molecule has 0 saturated carbocycles. The van der Waals surface area contributed by atoms with Gasteiger partial charge in [0.25, 0.3) is 0 Å². The Kier molecular flexibility index (Phi) is 26.8. The van der Waals surface area contributed by atoms with E-state index in [1.54, 1.807) is 0 Å². The molecule has 0 aromatic heterocycles. The monoisotopic (exact) mass is 1730 g/mol. The number of aromatic hydroxyl groups is 4. The van der Waals surface area contributed by atoms with Gasteiger partial charge in [0, 0.05) is 47.2 Å². The first-order valence-corrected chi connectivity index (χ1v) is 39.7. The number of aliphatic hydroxyl groups excluding tert-OH is 7. The van der Waals surface area contributed by atoms with E-state index in [4.69, 9.17) is 56.4 Å². The molecule has 21 N–H and O–H groups in total. The van der Waals surface area contributed by atoms with E-state index in [2.05, 4.69) is 56.4 Å². The highest BCUT2D eigenvalue weighted by Crippen LogP contribution is 2.50. The van der Waals surface area contributed by atoms with Crippen LogP contribution in [0.2, 0.25) is 10.0 Å². The highest BCUT2D eigenvalue weighted by molar-refractivity contribution is 6.33. The van der Waals surface area contributed by atoms with Crippen LogP contribution >= 0.6 is 23.2 Å². The van der Waals surface area contributed by atoms with Gasteiger partial charge >= 0.3 is 11.9 Å². The minimum absolute atomic E-state index is 0.153. The first-order chi connectivity index (χ1) is 58.2. The molecule has 648 valence electrons. The first-order valence-electron chi connectivity index (χ1n) is 38.9. The second-order valence-electron chi connectivity index (χ2n) is 30.6. The summed E-state index contributed by atoms with van der Waals surface area (Å²) >= 11 is 14.2. The van der Waals surface area contributed by atoms with Gasteiger partial charge in [-0.2, -0.15) is 0 Å². The van der Waals surface area contributed by atoms with Crippen molar-refractivity contribution in [1.29, 1.82) is 0 Å². The molecule has 8 aliphatic heterocycles. The Labute approximate surface area is 703 Å². The average Bonchev–Trinajstić information content (AvgIpc) is 0.760. The number of unbranched alkanes of at least 4 members (excludes halogenated alkanes) is 5. The number of ether oxygens (including phenoxy) is 7. The summed E-state index contributed by atoms with van der Waals surface area (Å²) < 4.78 is 44.0. The number of phenols is 4. The smallest absolute Gasteiger partial charge is 0.335 e. The van der Waals surface area contributed by atoms with Gasteiger partial charge in [-0.1, -0.05) is 106 Å². The van der Waals surface area contributed by atoms with Crippen LogP contribution in [0.3, 0.4) is 0 Å². The van der Waals surface area contributed by atoms with Crippen molar-refractivity contribution in [2.45, 2.75) is 181 Å². The van der Waals surface area contributed by atoms with Gasteiger partial charge in [-0.3, -0.25) is 33.6 Å². The van der Waals surface area contributed by atoms with E-state index in [0.717, 1.165) is 105 Å². The van der Waals surface area contributed by atoms with E-state index in [9.17, 15) is 85.6 Å². The number of carboxylic acid groups (broad SMARTS) is 2. The molecule has 37 nitrogen and oxygen atoms in total. The van der Waals surface area contributed by atoms with Gasteiger partial charge in [-0.25, -0.2) is 9.59 Å². The maximum absolute atomic E-state index is 16.7. The van der Waals surface area contributed by atoms with Crippen LogP contribution in [-0.4, -0.2) is 207 Å². The molecule has 0 spiro atoms. The van der Waals surface area contributed by atoms with E-state index >= 15 is 24.0 Å². The van der Waals surface area contributed by atoms with Crippen molar-refractivity contribution in [3.63, 3.8) is 0 Å². The second-order valence-corrected chi connectivity index (χ2v) is 31.4. The third kappa shape index (κ3) is 18.9. The minimum atomic E-state index is -2.47. The third-order valence-corrected chi connectivity index (χ3v) is 22.3. The molecule has 0 unspecified atom stereocenters. The maximum Gasteiger partial charge on any atom is 0.335 e. The highest BCUT2D eigenvalue weighted by atomic mass is 35.5. The lowest BCUT2D eigenvalue weighted by molar-refractivity contribution is -0.277. The number of benzene rings is 7. The molecular weight excluding hydrogens is 1640 g/mol. The second kappa shape index (κ2) is 37.2. The number of rotatable bonds is 18. The van der Waals surface area contributed by atoms with Crippen LogP contribution in [0.25, 0.3) is 11.1 Å². The van der Waals surface area contributed by atoms with Crippen LogP contribution in [0.1, 0.15) is 140 Å². The van der Waals surface area contributed by atoms with Gasteiger partial charge in [-0.05, 0) is 120 Å². The Hall–Kier alpha value is -11.9. The molecule has 18 atom stereocenters. The predicted octanol–water partition coefficient (Wildman–Crippen LogP) is 4.18. The first kappa shape index (κ1) is 88.0. The van der Waals surface area contributed by atoms with Gasteiger partial charge in [-0.15, -0.1) is 0 Å². The summed E-state index contributed by atoms with van der Waals surface area (Å²) in [6, 6.07) is 4.41. The Balaban J connectivity index is 1.04. The molecule has 2 fully saturated rings. The SMILES string of the molecule is CN[C@H]1C(=O)N[C@@H]2Cc3ccc(cc3)Oc3cc4cc(c3O[C@@H]3O[C@H](C(=O)O)[C@@H](O)[C@H](O)[C@H]3NC(=O)CCCCCCCCC(C)C)Oc3ccc(cc3Cl)[C@@H](O)[C@@H]3NC(=O)[C@H](NC(=O)[C@@H]4NC(=O)[C@@H](NC2=O)c2cc(cc(O)c2Cl)Oc2cc1ccc2O)c1ccc(O)c(c1)-c1c(O[C@H]2O[C@H](CO)[C@@H](O)[C@H](O)[C@@H]2O)cc(O)cc1[C@@H](C(=O)O)NC3=O. The van der Waals surface area contributed by atoms with Gasteiger partial charge in [0.2, 0.25) is 59.7 Å². The average molecular weight is 1730 g/mol.